The highest BCUT2D eigenvalue weighted by Crippen LogP contribution is 2.46. The molecule has 1 amide bonds. The van der Waals surface area contributed by atoms with Crippen molar-refractivity contribution in [2.24, 2.45) is 5.41 Å². The summed E-state index contributed by atoms with van der Waals surface area (Å²) in [5.41, 5.74) is 3.38. The van der Waals surface area contributed by atoms with E-state index in [4.69, 9.17) is 4.98 Å². The minimum Gasteiger partial charge on any atom is -0.371 e. The van der Waals surface area contributed by atoms with Crippen molar-refractivity contribution in [2.45, 2.75) is 45.1 Å². The molecule has 1 fully saturated rings. The van der Waals surface area contributed by atoms with E-state index >= 15 is 0 Å². The monoisotopic (exact) mass is 481 g/mol. The minimum atomic E-state index is -0.935. The number of anilines is 2. The van der Waals surface area contributed by atoms with Gasteiger partial charge in [-0.1, -0.05) is 19.9 Å². The van der Waals surface area contributed by atoms with Crippen LogP contribution in [0.3, 0.4) is 0 Å². The fraction of sp³-hybridized carbons (Fsp3) is 0.500. The van der Waals surface area contributed by atoms with E-state index in [1.54, 1.807) is 6.20 Å². The molecular formula is C26H38N6OP+. The van der Waals surface area contributed by atoms with E-state index in [0.29, 0.717) is 11.6 Å². The zero-order chi connectivity index (χ0) is 24.5. The van der Waals surface area contributed by atoms with Crippen LogP contribution in [-0.4, -0.2) is 59.6 Å². The zero-order valence-corrected chi connectivity index (χ0v) is 22.1. The third kappa shape index (κ3) is 5.52. The number of carbonyl (C=O) groups excluding carboxylic acids is 1. The van der Waals surface area contributed by atoms with Crippen LogP contribution < -0.4 is 16.0 Å². The lowest BCUT2D eigenvalue weighted by Gasteiger charge is -2.42. The second-order valence-electron chi connectivity index (χ2n) is 11.1. The molecule has 0 aromatic carbocycles. The van der Waals surface area contributed by atoms with Gasteiger partial charge < -0.3 is 20.4 Å². The van der Waals surface area contributed by atoms with Crippen molar-refractivity contribution >= 4 is 30.3 Å². The third-order valence-corrected chi connectivity index (χ3v) is 7.93. The van der Waals surface area contributed by atoms with Crippen LogP contribution >= 0.6 is 7.26 Å². The Labute approximate surface area is 203 Å². The Morgan fingerprint density at radius 1 is 1.18 bits per heavy atom. The molecule has 0 radical (unpaired) electrons. The number of hydrogen-bond donors (Lipinski definition) is 3. The predicted molar refractivity (Wildman–Crippen MR) is 144 cm³/mol. The topological polar surface area (TPSA) is 83.4 Å². The lowest BCUT2D eigenvalue weighted by molar-refractivity contribution is 0.0832. The van der Waals surface area contributed by atoms with E-state index in [-0.39, 0.29) is 17.4 Å². The Kier molecular flexibility index (Phi) is 6.86. The molecule has 1 aliphatic carbocycles. The van der Waals surface area contributed by atoms with Crippen LogP contribution in [0.4, 0.5) is 11.5 Å². The average Bonchev–Trinajstić information content (AvgIpc) is 3.23. The summed E-state index contributed by atoms with van der Waals surface area (Å²) >= 11 is 0. The maximum Gasteiger partial charge on any atom is 0.271 e. The van der Waals surface area contributed by atoms with Crippen LogP contribution in [0, 0.1) is 5.41 Å². The predicted octanol–water partition coefficient (Wildman–Crippen LogP) is 5.14. The number of hydrogen-bond acceptors (Lipinski definition) is 5. The molecule has 2 unspecified atom stereocenters. The first kappa shape index (κ1) is 24.5. The first-order chi connectivity index (χ1) is 16.1. The first-order valence-electron chi connectivity index (χ1n) is 12.0. The van der Waals surface area contributed by atoms with Gasteiger partial charge in [0.05, 0.1) is 25.7 Å². The lowest BCUT2D eigenvalue weighted by atomic mass is 9.68. The largest absolute Gasteiger partial charge is 0.371 e. The molecule has 3 N–H and O–H groups in total. The molecule has 2 atom stereocenters. The number of amides is 1. The summed E-state index contributed by atoms with van der Waals surface area (Å²) in [4.78, 5) is 22.6. The van der Waals surface area contributed by atoms with Gasteiger partial charge in [0.1, 0.15) is 23.4 Å². The van der Waals surface area contributed by atoms with Crippen molar-refractivity contribution in [1.29, 1.82) is 0 Å². The maximum atomic E-state index is 13.1. The van der Waals surface area contributed by atoms with E-state index in [1.165, 1.54) is 0 Å². The molecule has 34 heavy (non-hydrogen) atoms. The molecule has 1 saturated carbocycles. The molecule has 0 spiro atoms. The quantitative estimate of drug-likeness (QED) is 0.407. The average molecular weight is 482 g/mol. The number of nitrogens with zero attached hydrogens (tertiary/aromatic N) is 3. The summed E-state index contributed by atoms with van der Waals surface area (Å²) in [7, 11) is 0.987. The molecule has 0 bridgehead atoms. The Bertz CT molecular complexity index is 1130. The van der Waals surface area contributed by atoms with Crippen LogP contribution in [-0.2, 0) is 0 Å². The number of pyridine rings is 2. The number of nitrogens with one attached hydrogen (secondary N) is 3. The molecule has 3 heterocycles. The summed E-state index contributed by atoms with van der Waals surface area (Å²) in [6.07, 6.45) is 7.64. The number of carbonyl (C=O) groups is 1. The second kappa shape index (κ2) is 9.53. The fourth-order valence-corrected chi connectivity index (χ4v) is 5.24. The van der Waals surface area contributed by atoms with Crippen molar-refractivity contribution in [1.82, 2.24) is 19.7 Å². The van der Waals surface area contributed by atoms with Crippen molar-refractivity contribution in [2.75, 3.05) is 44.0 Å². The van der Waals surface area contributed by atoms with Crippen molar-refractivity contribution in [3.8, 4) is 0 Å². The van der Waals surface area contributed by atoms with Crippen LogP contribution in [0.5, 0.6) is 0 Å². The van der Waals surface area contributed by atoms with E-state index in [0.717, 1.165) is 48.4 Å². The van der Waals surface area contributed by atoms with Gasteiger partial charge in [-0.3, -0.25) is 4.79 Å². The van der Waals surface area contributed by atoms with Gasteiger partial charge in [0, 0.05) is 44.4 Å². The number of aromatic nitrogens is 3. The molecule has 182 valence electrons. The normalized spacial score (nSPS) is 20.2. The number of imidazole rings is 1. The Hall–Kier alpha value is -2.66. The first-order valence-corrected chi connectivity index (χ1v) is 15.3. The second-order valence-corrected chi connectivity index (χ2v) is 16.0. The molecular weight excluding hydrogens is 443 g/mol. The summed E-state index contributed by atoms with van der Waals surface area (Å²) in [6, 6.07) is 10.1. The smallest absolute Gasteiger partial charge is 0.271 e. The Morgan fingerprint density at radius 2 is 1.97 bits per heavy atom. The summed E-state index contributed by atoms with van der Waals surface area (Å²) in [5, 5.41) is 10.1. The molecule has 8 heteroatoms. The van der Waals surface area contributed by atoms with E-state index in [9.17, 15) is 4.79 Å². The zero-order valence-electron chi connectivity index (χ0n) is 21.2. The SMILES string of the molecule is CNc1nc(C2CCC(C)(C)C(NC(=O)c3cn4ccccc4n3)C2)ccc1NC[P+](C)(C)C. The van der Waals surface area contributed by atoms with Crippen molar-refractivity contribution in [3.05, 3.63) is 54.1 Å². The van der Waals surface area contributed by atoms with Gasteiger partial charge in [-0.15, -0.1) is 0 Å². The van der Waals surface area contributed by atoms with Crippen molar-refractivity contribution < 1.29 is 4.79 Å². The molecule has 1 aliphatic rings. The molecule has 3 aromatic rings. The summed E-state index contributed by atoms with van der Waals surface area (Å²) < 4.78 is 1.88. The van der Waals surface area contributed by atoms with Crippen molar-refractivity contribution in [3.63, 3.8) is 0 Å². The summed E-state index contributed by atoms with van der Waals surface area (Å²) in [5.74, 6) is 1.08. The van der Waals surface area contributed by atoms with Crippen LogP contribution in [0.15, 0.2) is 42.7 Å². The lowest BCUT2D eigenvalue weighted by Crippen LogP contribution is -2.48. The highest BCUT2D eigenvalue weighted by molar-refractivity contribution is 7.73. The van der Waals surface area contributed by atoms with Gasteiger partial charge in [-0.05, 0) is 48.9 Å². The van der Waals surface area contributed by atoms with Gasteiger partial charge in [0.2, 0.25) is 0 Å². The minimum absolute atomic E-state index is 0.00899. The van der Waals surface area contributed by atoms with Gasteiger partial charge >= 0.3 is 0 Å². The van der Waals surface area contributed by atoms with E-state index < -0.39 is 7.26 Å². The Morgan fingerprint density at radius 3 is 2.68 bits per heavy atom. The molecule has 7 nitrogen and oxygen atoms in total. The van der Waals surface area contributed by atoms with E-state index in [2.05, 4.69) is 66.9 Å². The van der Waals surface area contributed by atoms with Gasteiger partial charge in [0.25, 0.3) is 5.91 Å². The highest BCUT2D eigenvalue weighted by atomic mass is 31.2. The van der Waals surface area contributed by atoms with Crippen LogP contribution in [0.1, 0.15) is 55.2 Å². The highest BCUT2D eigenvalue weighted by Gasteiger charge is 2.38. The fourth-order valence-electron chi connectivity index (χ4n) is 4.60. The van der Waals surface area contributed by atoms with Crippen LogP contribution in [0.25, 0.3) is 5.65 Å². The van der Waals surface area contributed by atoms with Crippen LogP contribution in [0.2, 0.25) is 0 Å². The Balaban J connectivity index is 1.49. The summed E-state index contributed by atoms with van der Waals surface area (Å²) in [6.45, 7) is 11.5. The number of fused-ring (bicyclic) bond motifs is 1. The van der Waals surface area contributed by atoms with E-state index in [1.807, 2.05) is 35.8 Å². The van der Waals surface area contributed by atoms with Gasteiger partial charge in [-0.2, -0.15) is 0 Å². The maximum absolute atomic E-state index is 13.1. The molecule has 4 rings (SSSR count). The molecule has 0 saturated heterocycles. The van der Waals surface area contributed by atoms with Gasteiger partial charge in [-0.25, -0.2) is 9.97 Å². The third-order valence-electron chi connectivity index (χ3n) is 6.82. The molecule has 0 aliphatic heterocycles. The van der Waals surface area contributed by atoms with Gasteiger partial charge in [0.15, 0.2) is 0 Å². The number of rotatable bonds is 7. The standard InChI is InChI=1S/C26H37N6OP/c1-26(2)13-12-18(19-10-11-20(24(27-3)30-19)28-17-34(4,5)6)15-22(26)31-25(33)21-16-32-14-8-7-9-23(32)29-21/h7-11,14,16,18,22,28H,12-13,15,17H2,1-6H3,(H-,27,30,31,33)/p+1. The molecule has 3 aromatic heterocycles.